The van der Waals surface area contributed by atoms with Gasteiger partial charge in [-0.1, -0.05) is 116 Å². The molecule has 0 aliphatic carbocycles. The van der Waals surface area contributed by atoms with Crippen molar-refractivity contribution in [1.82, 2.24) is 0 Å². The zero-order valence-corrected chi connectivity index (χ0v) is 21.3. The van der Waals surface area contributed by atoms with Crippen molar-refractivity contribution < 1.29 is 0 Å². The minimum atomic E-state index is 0.951. The van der Waals surface area contributed by atoms with E-state index in [9.17, 15) is 0 Å². The van der Waals surface area contributed by atoms with Crippen LogP contribution in [-0.2, 0) is 0 Å². The third kappa shape index (κ3) is 4.85. The van der Waals surface area contributed by atoms with E-state index < -0.39 is 0 Å². The van der Waals surface area contributed by atoms with Crippen molar-refractivity contribution in [2.45, 2.75) is 0 Å². The van der Waals surface area contributed by atoms with Crippen LogP contribution in [-0.4, -0.2) is 0 Å². The molecular formula is C38H28. The first-order chi connectivity index (χ1) is 18.6. The molecule has 0 fully saturated rings. The van der Waals surface area contributed by atoms with Crippen LogP contribution in [0, 0.1) is 0 Å². The molecule has 6 rings (SSSR count). The zero-order chi connectivity index (χ0) is 25.9. The van der Waals surface area contributed by atoms with Gasteiger partial charge in [0.25, 0.3) is 0 Å². The SMILES string of the molecule is C=c1ccc(-c2cc(-c3ccccc3)cc(-c3cc(-c4ccccc4)cc(-c4ccccc4)c3)c2)cc1=C. The zero-order valence-electron chi connectivity index (χ0n) is 21.3. The molecule has 0 atom stereocenters. The summed E-state index contributed by atoms with van der Waals surface area (Å²) in [7, 11) is 0. The molecule has 0 unspecified atom stereocenters. The molecule has 0 heteroatoms. The molecule has 0 bridgehead atoms. The molecule has 38 heavy (non-hydrogen) atoms. The summed E-state index contributed by atoms with van der Waals surface area (Å²) in [5.41, 5.74) is 11.9. The van der Waals surface area contributed by atoms with E-state index in [2.05, 4.69) is 159 Å². The van der Waals surface area contributed by atoms with E-state index >= 15 is 0 Å². The van der Waals surface area contributed by atoms with Gasteiger partial charge in [0.2, 0.25) is 0 Å². The van der Waals surface area contributed by atoms with Crippen LogP contribution >= 0.6 is 0 Å². The van der Waals surface area contributed by atoms with Crippen LogP contribution in [0.2, 0.25) is 0 Å². The van der Waals surface area contributed by atoms with E-state index in [1.807, 2.05) is 0 Å². The van der Waals surface area contributed by atoms with Crippen LogP contribution in [0.5, 0.6) is 0 Å². The predicted octanol–water partition coefficient (Wildman–Crippen LogP) is 8.84. The first-order valence-electron chi connectivity index (χ1n) is 12.9. The van der Waals surface area contributed by atoms with Gasteiger partial charge in [0, 0.05) is 0 Å². The van der Waals surface area contributed by atoms with Gasteiger partial charge in [0.1, 0.15) is 0 Å². The number of hydrogen-bond donors (Lipinski definition) is 0. The van der Waals surface area contributed by atoms with Crippen molar-refractivity contribution in [2.75, 3.05) is 0 Å². The van der Waals surface area contributed by atoms with Crippen LogP contribution in [0.1, 0.15) is 0 Å². The molecule has 0 nitrogen and oxygen atoms in total. The average molecular weight is 485 g/mol. The van der Waals surface area contributed by atoms with Crippen molar-refractivity contribution in [3.63, 3.8) is 0 Å². The van der Waals surface area contributed by atoms with Crippen LogP contribution in [0.4, 0.5) is 0 Å². The van der Waals surface area contributed by atoms with Crippen molar-refractivity contribution in [3.8, 4) is 55.6 Å². The maximum absolute atomic E-state index is 4.20. The van der Waals surface area contributed by atoms with Crippen LogP contribution in [0.3, 0.4) is 0 Å². The Hall–Kier alpha value is -4.94. The molecule has 0 aromatic heterocycles. The van der Waals surface area contributed by atoms with Crippen molar-refractivity contribution in [3.05, 3.63) is 156 Å². The Kier molecular flexibility index (Phi) is 6.30. The molecule has 0 aliphatic rings. The lowest BCUT2D eigenvalue weighted by Crippen LogP contribution is -2.20. The lowest BCUT2D eigenvalue weighted by atomic mass is 9.90. The Bertz CT molecular complexity index is 1760. The molecule has 6 aromatic carbocycles. The van der Waals surface area contributed by atoms with Gasteiger partial charge in [-0.3, -0.25) is 0 Å². The molecule has 0 radical (unpaired) electrons. The summed E-state index contributed by atoms with van der Waals surface area (Å²) >= 11 is 0. The lowest BCUT2D eigenvalue weighted by molar-refractivity contribution is 1.51. The predicted molar refractivity (Wildman–Crippen MR) is 164 cm³/mol. The summed E-state index contributed by atoms with van der Waals surface area (Å²) in [4.78, 5) is 0. The van der Waals surface area contributed by atoms with Gasteiger partial charge in [0.05, 0.1) is 0 Å². The first-order valence-corrected chi connectivity index (χ1v) is 12.9. The van der Waals surface area contributed by atoms with Crippen LogP contribution in [0.25, 0.3) is 68.8 Å². The summed E-state index contributed by atoms with van der Waals surface area (Å²) in [6.07, 6.45) is 0. The standard InChI is InChI=1S/C38H28/c1-27-18-19-32(20-28(27)2)36-22-35(31-16-10-5-11-17-31)25-38(26-36)37-23-33(29-12-6-3-7-13-29)21-34(24-37)30-14-8-4-9-15-30/h3-26H,1-2H2. The molecule has 180 valence electrons. The van der Waals surface area contributed by atoms with Crippen molar-refractivity contribution in [2.24, 2.45) is 0 Å². The molecule has 0 spiro atoms. The van der Waals surface area contributed by atoms with E-state index in [-0.39, 0.29) is 0 Å². The Morgan fingerprint density at radius 3 is 0.895 bits per heavy atom. The summed E-state index contributed by atoms with van der Waals surface area (Å²) in [5, 5.41) is 1.91. The molecular weight excluding hydrogens is 456 g/mol. The molecule has 0 heterocycles. The summed E-state index contributed by atoms with van der Waals surface area (Å²) < 4.78 is 0. The van der Waals surface area contributed by atoms with Crippen molar-refractivity contribution in [1.29, 1.82) is 0 Å². The van der Waals surface area contributed by atoms with Gasteiger partial charge in [-0.05, 0) is 109 Å². The second-order valence-corrected chi connectivity index (χ2v) is 9.68. The highest BCUT2D eigenvalue weighted by atomic mass is 14.2. The second kappa shape index (κ2) is 10.2. The monoisotopic (exact) mass is 484 g/mol. The summed E-state index contributed by atoms with van der Waals surface area (Å²) in [6.45, 7) is 8.29. The lowest BCUT2D eigenvalue weighted by Gasteiger charge is -2.14. The summed E-state index contributed by atoms with van der Waals surface area (Å²) in [6, 6.07) is 51.9. The molecule has 0 amide bonds. The smallest absolute Gasteiger partial charge is 0.0171 e. The third-order valence-corrected chi connectivity index (χ3v) is 7.06. The minimum Gasteiger partial charge on any atom is -0.0912 e. The first kappa shape index (κ1) is 23.5. The van der Waals surface area contributed by atoms with Gasteiger partial charge in [-0.25, -0.2) is 0 Å². The Morgan fingerprint density at radius 2 is 0.553 bits per heavy atom. The highest BCUT2D eigenvalue weighted by molar-refractivity contribution is 5.86. The van der Waals surface area contributed by atoms with Gasteiger partial charge in [0.15, 0.2) is 0 Å². The molecule has 0 saturated heterocycles. The Labute approximate surface area is 224 Å². The number of benzene rings is 6. The molecule has 0 N–H and O–H groups in total. The third-order valence-electron chi connectivity index (χ3n) is 7.06. The largest absolute Gasteiger partial charge is 0.0912 e. The molecule has 6 aromatic rings. The number of hydrogen-bond acceptors (Lipinski definition) is 0. The fourth-order valence-electron chi connectivity index (χ4n) is 4.95. The normalized spacial score (nSPS) is 10.8. The Balaban J connectivity index is 1.60. The minimum absolute atomic E-state index is 0.951. The van der Waals surface area contributed by atoms with Crippen molar-refractivity contribution >= 4 is 13.2 Å². The highest BCUT2D eigenvalue weighted by Gasteiger charge is 2.11. The molecule has 0 saturated carbocycles. The Morgan fingerprint density at radius 1 is 0.237 bits per heavy atom. The quantitative estimate of drug-likeness (QED) is 0.229. The van der Waals surface area contributed by atoms with Gasteiger partial charge in [-0.2, -0.15) is 0 Å². The van der Waals surface area contributed by atoms with E-state index in [0.717, 1.165) is 21.6 Å². The second-order valence-electron chi connectivity index (χ2n) is 9.68. The topological polar surface area (TPSA) is 0 Å². The number of rotatable bonds is 5. The van der Waals surface area contributed by atoms with Gasteiger partial charge < -0.3 is 0 Å². The van der Waals surface area contributed by atoms with E-state index in [4.69, 9.17) is 0 Å². The maximum Gasteiger partial charge on any atom is -0.0171 e. The fourth-order valence-corrected chi connectivity index (χ4v) is 4.95. The summed E-state index contributed by atoms with van der Waals surface area (Å²) in [5.74, 6) is 0. The maximum atomic E-state index is 4.20. The van der Waals surface area contributed by atoms with Gasteiger partial charge in [-0.15, -0.1) is 0 Å². The van der Waals surface area contributed by atoms with E-state index in [0.29, 0.717) is 0 Å². The highest BCUT2D eigenvalue weighted by Crippen LogP contribution is 2.37. The van der Waals surface area contributed by atoms with E-state index in [1.54, 1.807) is 0 Å². The van der Waals surface area contributed by atoms with Crippen LogP contribution < -0.4 is 10.4 Å². The molecule has 0 aliphatic heterocycles. The van der Waals surface area contributed by atoms with Gasteiger partial charge >= 0.3 is 0 Å². The van der Waals surface area contributed by atoms with Crippen LogP contribution in [0.15, 0.2) is 146 Å². The van der Waals surface area contributed by atoms with E-state index in [1.165, 1.54) is 44.5 Å². The fraction of sp³-hybridized carbons (Fsp3) is 0. The average Bonchev–Trinajstić information content (AvgIpc) is 2.99.